The summed E-state index contributed by atoms with van der Waals surface area (Å²) in [7, 11) is 0. The molecule has 23 heavy (non-hydrogen) atoms. The van der Waals surface area contributed by atoms with E-state index in [0.717, 1.165) is 32.1 Å². The van der Waals surface area contributed by atoms with E-state index in [9.17, 15) is 4.79 Å². The molecule has 0 bridgehead atoms. The Morgan fingerprint density at radius 3 is 2.48 bits per heavy atom. The molecule has 0 aliphatic heterocycles. The van der Waals surface area contributed by atoms with Crippen molar-refractivity contribution in [3.63, 3.8) is 0 Å². The fraction of sp³-hybridized carbons (Fsp3) is 0.824. The quantitative estimate of drug-likeness (QED) is 0.466. The smallest absolute Gasteiger partial charge is 0.407 e. The SMILES string of the molecule is CCOCCOCCOCCNC(=O)OC1CC/C=C/CCC1. The molecule has 6 heteroatoms. The maximum absolute atomic E-state index is 11.7. The second kappa shape index (κ2) is 14.5. The van der Waals surface area contributed by atoms with Crippen molar-refractivity contribution in [1.29, 1.82) is 0 Å². The van der Waals surface area contributed by atoms with Gasteiger partial charge in [-0.3, -0.25) is 0 Å². The predicted octanol–water partition coefficient (Wildman–Crippen LogP) is 2.67. The van der Waals surface area contributed by atoms with Crippen molar-refractivity contribution in [2.45, 2.75) is 45.1 Å². The van der Waals surface area contributed by atoms with E-state index < -0.39 is 0 Å². The summed E-state index contributed by atoms with van der Waals surface area (Å²) in [6, 6.07) is 0. The van der Waals surface area contributed by atoms with Gasteiger partial charge in [-0.05, 0) is 39.0 Å². The van der Waals surface area contributed by atoms with Gasteiger partial charge in [0.25, 0.3) is 0 Å². The summed E-state index contributed by atoms with van der Waals surface area (Å²) in [5.74, 6) is 0. The average molecular weight is 329 g/mol. The van der Waals surface area contributed by atoms with E-state index in [0.29, 0.717) is 46.2 Å². The van der Waals surface area contributed by atoms with Crippen molar-refractivity contribution < 1.29 is 23.7 Å². The molecule has 1 atom stereocenters. The number of allylic oxidation sites excluding steroid dienone is 2. The largest absolute Gasteiger partial charge is 0.446 e. The molecule has 0 saturated carbocycles. The molecule has 6 nitrogen and oxygen atoms in total. The number of alkyl carbamates (subject to hydrolysis) is 1. The molecule has 0 aromatic carbocycles. The van der Waals surface area contributed by atoms with Crippen LogP contribution in [-0.4, -0.2) is 58.4 Å². The number of carbonyl (C=O) groups excluding carboxylic acids is 1. The second-order valence-corrected chi connectivity index (χ2v) is 5.36. The van der Waals surface area contributed by atoms with Crippen molar-refractivity contribution in [1.82, 2.24) is 5.32 Å². The van der Waals surface area contributed by atoms with Crippen molar-refractivity contribution >= 4 is 6.09 Å². The Morgan fingerprint density at radius 1 is 1.00 bits per heavy atom. The van der Waals surface area contributed by atoms with Gasteiger partial charge in [-0.1, -0.05) is 12.2 Å². The van der Waals surface area contributed by atoms with Gasteiger partial charge >= 0.3 is 6.09 Å². The summed E-state index contributed by atoms with van der Waals surface area (Å²) in [4.78, 5) is 11.7. The fourth-order valence-electron chi connectivity index (χ4n) is 2.25. The van der Waals surface area contributed by atoms with Gasteiger partial charge in [0, 0.05) is 13.2 Å². The van der Waals surface area contributed by atoms with Crippen LogP contribution in [0.1, 0.15) is 39.0 Å². The first-order valence-corrected chi connectivity index (χ1v) is 8.65. The number of rotatable bonds is 11. The van der Waals surface area contributed by atoms with Crippen molar-refractivity contribution in [2.24, 2.45) is 0 Å². The van der Waals surface area contributed by atoms with Crippen LogP contribution in [0.5, 0.6) is 0 Å². The van der Waals surface area contributed by atoms with Crippen LogP contribution in [0.25, 0.3) is 0 Å². The first-order valence-electron chi connectivity index (χ1n) is 8.65. The summed E-state index contributed by atoms with van der Waals surface area (Å²) in [5, 5.41) is 2.72. The summed E-state index contributed by atoms with van der Waals surface area (Å²) in [6.45, 7) is 5.81. The molecule has 1 aliphatic carbocycles. The van der Waals surface area contributed by atoms with Gasteiger partial charge in [0.15, 0.2) is 0 Å². The minimum absolute atomic E-state index is 0.0274. The molecule has 1 aliphatic rings. The van der Waals surface area contributed by atoms with Crippen molar-refractivity contribution in [3.8, 4) is 0 Å². The van der Waals surface area contributed by atoms with Crippen LogP contribution in [0, 0.1) is 0 Å². The zero-order valence-electron chi connectivity index (χ0n) is 14.3. The fourth-order valence-corrected chi connectivity index (χ4v) is 2.25. The van der Waals surface area contributed by atoms with Crippen molar-refractivity contribution in [3.05, 3.63) is 12.2 Å². The Hall–Kier alpha value is -1.11. The highest BCUT2D eigenvalue weighted by Gasteiger charge is 2.14. The zero-order chi connectivity index (χ0) is 16.6. The Labute approximate surface area is 139 Å². The molecule has 1 unspecified atom stereocenters. The standard InChI is InChI=1S/C17H31NO5/c1-2-20-12-13-22-15-14-21-11-10-18-17(19)23-16-8-6-4-3-5-7-9-16/h3-4,16H,2,5-15H2,1H3,(H,18,19)/b4-3+. The molecule has 1 rings (SSSR count). The molecule has 0 aromatic rings. The van der Waals surface area contributed by atoms with Gasteiger partial charge in [0.1, 0.15) is 6.10 Å². The molecule has 1 N–H and O–H groups in total. The molecule has 0 radical (unpaired) electrons. The molecule has 0 aromatic heterocycles. The molecule has 0 heterocycles. The van der Waals surface area contributed by atoms with Gasteiger partial charge in [-0.2, -0.15) is 0 Å². The van der Waals surface area contributed by atoms with E-state index in [4.69, 9.17) is 18.9 Å². The summed E-state index contributed by atoms with van der Waals surface area (Å²) in [6.07, 6.45) is 9.00. The number of ether oxygens (including phenoxy) is 4. The molecule has 134 valence electrons. The molecule has 1 amide bonds. The van der Waals surface area contributed by atoms with Gasteiger partial charge in [-0.25, -0.2) is 4.79 Å². The van der Waals surface area contributed by atoms with Crippen LogP contribution in [0.4, 0.5) is 4.79 Å². The molecule has 0 spiro atoms. The number of nitrogens with one attached hydrogen (secondary N) is 1. The van der Waals surface area contributed by atoms with Gasteiger partial charge in [0.2, 0.25) is 0 Å². The minimum Gasteiger partial charge on any atom is -0.446 e. The van der Waals surface area contributed by atoms with Crippen LogP contribution in [-0.2, 0) is 18.9 Å². The maximum Gasteiger partial charge on any atom is 0.407 e. The Kier molecular flexibility index (Phi) is 12.6. The third-order valence-electron chi connectivity index (χ3n) is 3.46. The molecule has 0 saturated heterocycles. The average Bonchev–Trinajstić information content (AvgIpc) is 2.51. The van der Waals surface area contributed by atoms with Gasteiger partial charge < -0.3 is 24.3 Å². The van der Waals surface area contributed by atoms with E-state index in [2.05, 4.69) is 17.5 Å². The predicted molar refractivity (Wildman–Crippen MR) is 88.6 cm³/mol. The van der Waals surface area contributed by atoms with Crippen LogP contribution in [0.15, 0.2) is 12.2 Å². The van der Waals surface area contributed by atoms with Crippen LogP contribution in [0.3, 0.4) is 0 Å². The lowest BCUT2D eigenvalue weighted by atomic mass is 10.0. The Bertz CT molecular complexity index is 322. The zero-order valence-corrected chi connectivity index (χ0v) is 14.3. The summed E-state index contributed by atoms with van der Waals surface area (Å²) >= 11 is 0. The van der Waals surface area contributed by atoms with Gasteiger partial charge in [0.05, 0.1) is 33.0 Å². The topological polar surface area (TPSA) is 66.0 Å². The number of hydrogen-bond acceptors (Lipinski definition) is 5. The maximum atomic E-state index is 11.7. The lowest BCUT2D eigenvalue weighted by molar-refractivity contribution is 0.0170. The molecule has 0 fully saturated rings. The van der Waals surface area contributed by atoms with Crippen LogP contribution >= 0.6 is 0 Å². The second-order valence-electron chi connectivity index (χ2n) is 5.36. The van der Waals surface area contributed by atoms with Crippen LogP contribution in [0.2, 0.25) is 0 Å². The van der Waals surface area contributed by atoms with E-state index in [1.54, 1.807) is 0 Å². The lowest BCUT2D eigenvalue weighted by Crippen LogP contribution is -2.31. The number of hydrogen-bond donors (Lipinski definition) is 1. The summed E-state index contributed by atoms with van der Waals surface area (Å²) in [5.41, 5.74) is 0. The van der Waals surface area contributed by atoms with E-state index in [-0.39, 0.29) is 12.2 Å². The van der Waals surface area contributed by atoms with E-state index in [1.807, 2.05) is 6.92 Å². The normalized spacial score (nSPS) is 19.6. The third kappa shape index (κ3) is 12.0. The van der Waals surface area contributed by atoms with E-state index in [1.165, 1.54) is 0 Å². The highest BCUT2D eigenvalue weighted by molar-refractivity contribution is 5.67. The monoisotopic (exact) mass is 329 g/mol. The number of carbonyl (C=O) groups is 1. The molecular formula is C17H31NO5. The van der Waals surface area contributed by atoms with E-state index >= 15 is 0 Å². The highest BCUT2D eigenvalue weighted by Crippen LogP contribution is 2.15. The third-order valence-corrected chi connectivity index (χ3v) is 3.46. The van der Waals surface area contributed by atoms with Crippen molar-refractivity contribution in [2.75, 3.05) is 46.2 Å². The molecular weight excluding hydrogens is 298 g/mol. The van der Waals surface area contributed by atoms with Crippen LogP contribution < -0.4 is 5.32 Å². The first kappa shape index (κ1) is 19.9. The lowest BCUT2D eigenvalue weighted by Gasteiger charge is -2.18. The highest BCUT2D eigenvalue weighted by atomic mass is 16.6. The Morgan fingerprint density at radius 2 is 1.70 bits per heavy atom. The summed E-state index contributed by atoms with van der Waals surface area (Å²) < 4.78 is 21.3. The van der Waals surface area contributed by atoms with Gasteiger partial charge in [-0.15, -0.1) is 0 Å². The Balaban J connectivity index is 1.90. The first-order chi connectivity index (χ1) is 11.3. The number of amides is 1. The minimum atomic E-state index is -0.351.